The van der Waals surface area contributed by atoms with Crippen molar-refractivity contribution in [2.24, 2.45) is 5.73 Å². The van der Waals surface area contributed by atoms with Crippen molar-refractivity contribution in [3.63, 3.8) is 0 Å². The Hall–Kier alpha value is -1.81. The van der Waals surface area contributed by atoms with Crippen molar-refractivity contribution in [3.05, 3.63) is 41.4 Å². The van der Waals surface area contributed by atoms with E-state index in [0.29, 0.717) is 5.56 Å². The Morgan fingerprint density at radius 1 is 1.33 bits per heavy atom. The van der Waals surface area contributed by atoms with Gasteiger partial charge in [0, 0.05) is 22.5 Å². The number of aromatic nitrogens is 1. The fraction of sp³-hybridized carbons (Fsp3) is 0. The fourth-order valence-corrected chi connectivity index (χ4v) is 2.54. The van der Waals surface area contributed by atoms with E-state index in [2.05, 4.69) is 10.5 Å². The van der Waals surface area contributed by atoms with Gasteiger partial charge in [0.2, 0.25) is 5.91 Å². The lowest BCUT2D eigenvalue weighted by Crippen LogP contribution is -2.10. The zero-order valence-corrected chi connectivity index (χ0v) is 8.62. The standard InChI is InChI=1S/C11H8N2OS/c12-11(14)8-2-1-7-6-10-13(3-4-15-10)9(7)5-8/h1-6H,(H2,12,14). The number of rotatable bonds is 1. The second kappa shape index (κ2) is 2.84. The lowest BCUT2D eigenvalue weighted by Gasteiger charge is -1.96. The summed E-state index contributed by atoms with van der Waals surface area (Å²) >= 11 is 1.67. The molecule has 4 heteroatoms. The summed E-state index contributed by atoms with van der Waals surface area (Å²) in [5.41, 5.74) is 6.83. The summed E-state index contributed by atoms with van der Waals surface area (Å²) in [5.74, 6) is -0.387. The van der Waals surface area contributed by atoms with Crippen molar-refractivity contribution < 1.29 is 4.79 Å². The van der Waals surface area contributed by atoms with E-state index in [4.69, 9.17) is 5.73 Å². The lowest BCUT2D eigenvalue weighted by atomic mass is 10.1. The Balaban J connectivity index is 2.44. The molecule has 2 heterocycles. The van der Waals surface area contributed by atoms with Crippen molar-refractivity contribution in [3.8, 4) is 0 Å². The van der Waals surface area contributed by atoms with Crippen LogP contribution < -0.4 is 5.73 Å². The van der Waals surface area contributed by atoms with E-state index in [1.54, 1.807) is 17.4 Å². The van der Waals surface area contributed by atoms with Gasteiger partial charge < -0.3 is 10.1 Å². The van der Waals surface area contributed by atoms with E-state index < -0.39 is 0 Å². The van der Waals surface area contributed by atoms with Crippen LogP contribution in [0.2, 0.25) is 0 Å². The maximum atomic E-state index is 11.1. The molecule has 0 saturated carbocycles. The third-order valence-corrected chi connectivity index (χ3v) is 3.30. The number of nitrogens with two attached hydrogens (primary N) is 1. The molecule has 0 atom stereocenters. The van der Waals surface area contributed by atoms with Crippen molar-refractivity contribution in [1.29, 1.82) is 0 Å². The monoisotopic (exact) mass is 216 g/mol. The molecule has 3 rings (SSSR count). The van der Waals surface area contributed by atoms with E-state index in [0.717, 1.165) is 10.9 Å². The van der Waals surface area contributed by atoms with E-state index in [9.17, 15) is 4.79 Å². The van der Waals surface area contributed by atoms with Gasteiger partial charge in [-0.3, -0.25) is 4.79 Å². The van der Waals surface area contributed by atoms with Gasteiger partial charge in [-0.1, -0.05) is 6.07 Å². The second-order valence-corrected chi connectivity index (χ2v) is 4.32. The molecule has 0 bridgehead atoms. The van der Waals surface area contributed by atoms with E-state index >= 15 is 0 Å². The molecular formula is C11H8N2OS. The first kappa shape index (κ1) is 8.49. The number of benzene rings is 1. The van der Waals surface area contributed by atoms with E-state index in [1.165, 1.54) is 4.83 Å². The van der Waals surface area contributed by atoms with Crippen LogP contribution in [0.25, 0.3) is 15.7 Å². The first-order chi connectivity index (χ1) is 7.25. The zero-order chi connectivity index (χ0) is 10.4. The van der Waals surface area contributed by atoms with Crippen LogP contribution in [0, 0.1) is 0 Å². The van der Waals surface area contributed by atoms with Gasteiger partial charge in [0.15, 0.2) is 0 Å². The van der Waals surface area contributed by atoms with Gasteiger partial charge in [0.25, 0.3) is 0 Å². The summed E-state index contributed by atoms with van der Waals surface area (Å²) in [6.45, 7) is 0. The summed E-state index contributed by atoms with van der Waals surface area (Å²) in [6.07, 6.45) is 1.99. The minimum atomic E-state index is -0.387. The van der Waals surface area contributed by atoms with Crippen LogP contribution in [0.4, 0.5) is 0 Å². The molecule has 0 unspecified atom stereocenters. The minimum absolute atomic E-state index is 0.387. The molecule has 0 spiro atoms. The predicted molar refractivity (Wildman–Crippen MR) is 61.3 cm³/mol. The van der Waals surface area contributed by atoms with Crippen LogP contribution in [-0.2, 0) is 0 Å². The number of hydrogen-bond acceptors (Lipinski definition) is 2. The van der Waals surface area contributed by atoms with Crippen molar-refractivity contribution in [1.82, 2.24) is 4.40 Å². The molecule has 1 amide bonds. The average molecular weight is 216 g/mol. The van der Waals surface area contributed by atoms with Gasteiger partial charge >= 0.3 is 0 Å². The Morgan fingerprint density at radius 3 is 3.00 bits per heavy atom. The van der Waals surface area contributed by atoms with Crippen LogP contribution >= 0.6 is 11.3 Å². The smallest absolute Gasteiger partial charge is 0.248 e. The largest absolute Gasteiger partial charge is 0.366 e. The quantitative estimate of drug-likeness (QED) is 0.666. The topological polar surface area (TPSA) is 47.5 Å². The molecule has 15 heavy (non-hydrogen) atoms. The predicted octanol–water partition coefficient (Wildman–Crippen LogP) is 2.25. The fourth-order valence-electron chi connectivity index (χ4n) is 1.75. The third kappa shape index (κ3) is 1.15. The molecule has 0 aliphatic carbocycles. The highest BCUT2D eigenvalue weighted by atomic mass is 32.1. The molecule has 0 aliphatic rings. The molecule has 0 fully saturated rings. The van der Waals surface area contributed by atoms with Gasteiger partial charge in [-0.2, -0.15) is 0 Å². The first-order valence-electron chi connectivity index (χ1n) is 4.54. The minimum Gasteiger partial charge on any atom is -0.366 e. The zero-order valence-electron chi connectivity index (χ0n) is 7.81. The summed E-state index contributed by atoms with van der Waals surface area (Å²) in [6, 6.07) is 7.62. The SMILES string of the molecule is NC(=O)c1ccc2cc3sccn3c2c1. The van der Waals surface area contributed by atoms with Gasteiger partial charge in [0.05, 0.1) is 5.52 Å². The lowest BCUT2D eigenvalue weighted by molar-refractivity contribution is 0.100. The molecule has 3 nitrogen and oxygen atoms in total. The van der Waals surface area contributed by atoms with E-state index in [-0.39, 0.29) is 5.91 Å². The first-order valence-corrected chi connectivity index (χ1v) is 5.42. The second-order valence-electron chi connectivity index (χ2n) is 3.39. The van der Waals surface area contributed by atoms with E-state index in [1.807, 2.05) is 23.7 Å². The van der Waals surface area contributed by atoms with Crippen molar-refractivity contribution >= 4 is 33.0 Å². The summed E-state index contributed by atoms with van der Waals surface area (Å²) in [7, 11) is 0. The molecule has 0 radical (unpaired) electrons. The number of thiazole rings is 1. The van der Waals surface area contributed by atoms with Gasteiger partial charge in [-0.25, -0.2) is 0 Å². The number of nitrogens with zero attached hydrogens (tertiary/aromatic N) is 1. The molecule has 0 saturated heterocycles. The number of fused-ring (bicyclic) bond motifs is 3. The van der Waals surface area contributed by atoms with Crippen molar-refractivity contribution in [2.75, 3.05) is 0 Å². The Labute approximate surface area is 89.7 Å². The molecule has 3 aromatic rings. The molecule has 2 aromatic heterocycles. The maximum absolute atomic E-state index is 11.1. The molecular weight excluding hydrogens is 208 g/mol. The maximum Gasteiger partial charge on any atom is 0.248 e. The van der Waals surface area contributed by atoms with Crippen LogP contribution in [-0.4, -0.2) is 10.3 Å². The van der Waals surface area contributed by atoms with Crippen LogP contribution in [0.15, 0.2) is 35.8 Å². The van der Waals surface area contributed by atoms with Gasteiger partial charge in [0.1, 0.15) is 4.83 Å². The number of carbonyl (C=O) groups is 1. The van der Waals surface area contributed by atoms with Crippen molar-refractivity contribution in [2.45, 2.75) is 0 Å². The van der Waals surface area contributed by atoms with Gasteiger partial charge in [-0.05, 0) is 18.2 Å². The Kier molecular flexibility index (Phi) is 1.61. The van der Waals surface area contributed by atoms with Crippen LogP contribution in [0.3, 0.4) is 0 Å². The number of carbonyl (C=O) groups excluding carboxylic acids is 1. The molecule has 74 valence electrons. The highest BCUT2D eigenvalue weighted by molar-refractivity contribution is 7.15. The molecule has 1 aromatic carbocycles. The van der Waals surface area contributed by atoms with Gasteiger partial charge in [-0.15, -0.1) is 11.3 Å². The third-order valence-electron chi connectivity index (χ3n) is 2.49. The highest BCUT2D eigenvalue weighted by Crippen LogP contribution is 2.24. The average Bonchev–Trinajstić information content (AvgIpc) is 2.75. The van der Waals surface area contributed by atoms with Crippen LogP contribution in [0.1, 0.15) is 10.4 Å². The molecule has 2 N–H and O–H groups in total. The van der Waals surface area contributed by atoms with Crippen LogP contribution in [0.5, 0.6) is 0 Å². The summed E-state index contributed by atoms with van der Waals surface area (Å²) in [4.78, 5) is 12.2. The summed E-state index contributed by atoms with van der Waals surface area (Å²) < 4.78 is 2.06. The molecule has 0 aliphatic heterocycles. The number of primary amides is 1. The Morgan fingerprint density at radius 2 is 2.20 bits per heavy atom. The normalized spacial score (nSPS) is 11.2. The Bertz CT molecular complexity index is 665. The number of amides is 1. The highest BCUT2D eigenvalue weighted by Gasteiger charge is 2.06. The summed E-state index contributed by atoms with van der Waals surface area (Å²) in [5, 5.41) is 3.15. The number of hydrogen-bond donors (Lipinski definition) is 1.